The van der Waals surface area contributed by atoms with E-state index in [9.17, 15) is 8.42 Å². The minimum atomic E-state index is -3.55. The molecule has 0 unspecified atom stereocenters. The lowest BCUT2D eigenvalue weighted by Crippen LogP contribution is -2.49. The van der Waals surface area contributed by atoms with E-state index in [4.69, 9.17) is 4.74 Å². The van der Waals surface area contributed by atoms with E-state index >= 15 is 0 Å². The van der Waals surface area contributed by atoms with E-state index in [0.29, 0.717) is 44.4 Å². The first kappa shape index (κ1) is 22.2. The summed E-state index contributed by atoms with van der Waals surface area (Å²) in [5.41, 5.74) is 3.15. The third-order valence-electron chi connectivity index (χ3n) is 5.84. The maximum absolute atomic E-state index is 13.0. The Morgan fingerprint density at radius 3 is 2.06 bits per heavy atom. The first-order chi connectivity index (χ1) is 15.3. The van der Waals surface area contributed by atoms with Crippen LogP contribution in [0.1, 0.15) is 23.9 Å². The fourth-order valence-electron chi connectivity index (χ4n) is 3.72. The Kier molecular flexibility index (Phi) is 6.16. The largest absolute Gasteiger partial charge is 0.494 e. The van der Waals surface area contributed by atoms with Gasteiger partial charge in [0.25, 0.3) is 0 Å². The van der Waals surface area contributed by atoms with Crippen LogP contribution in [0, 0.1) is 20.8 Å². The highest BCUT2D eigenvalue weighted by Gasteiger charge is 2.29. The van der Waals surface area contributed by atoms with E-state index in [-0.39, 0.29) is 4.90 Å². The molecule has 0 aliphatic carbocycles. The molecule has 9 nitrogen and oxygen atoms in total. The van der Waals surface area contributed by atoms with Gasteiger partial charge in [0.1, 0.15) is 5.75 Å². The van der Waals surface area contributed by atoms with Gasteiger partial charge in [0.05, 0.1) is 17.2 Å². The van der Waals surface area contributed by atoms with Gasteiger partial charge in [0, 0.05) is 31.9 Å². The zero-order valence-electron chi connectivity index (χ0n) is 18.8. The van der Waals surface area contributed by atoms with Crippen LogP contribution >= 0.6 is 0 Å². The molecule has 0 spiro atoms. The Bertz CT molecular complexity index is 1180. The second-order valence-corrected chi connectivity index (χ2v) is 9.69. The third-order valence-corrected chi connectivity index (χ3v) is 7.75. The van der Waals surface area contributed by atoms with E-state index in [2.05, 4.69) is 15.3 Å². The number of sulfonamides is 1. The summed E-state index contributed by atoms with van der Waals surface area (Å²) in [7, 11) is -3.55. The second-order valence-electron chi connectivity index (χ2n) is 7.75. The molecule has 0 bridgehead atoms. The summed E-state index contributed by atoms with van der Waals surface area (Å²) >= 11 is 0. The average molecular weight is 457 g/mol. The van der Waals surface area contributed by atoms with Gasteiger partial charge < -0.3 is 9.64 Å². The number of aromatic nitrogens is 4. The number of nitrogens with zero attached hydrogens (tertiary/aromatic N) is 6. The number of aryl methyl sites for hydroxylation is 1. The van der Waals surface area contributed by atoms with Crippen molar-refractivity contribution >= 4 is 15.8 Å². The summed E-state index contributed by atoms with van der Waals surface area (Å²) in [6, 6.07) is 10.4. The van der Waals surface area contributed by atoms with Crippen molar-refractivity contribution in [3.8, 4) is 11.6 Å². The van der Waals surface area contributed by atoms with Gasteiger partial charge >= 0.3 is 0 Å². The Morgan fingerprint density at radius 2 is 1.53 bits per heavy atom. The van der Waals surface area contributed by atoms with E-state index in [1.807, 2.05) is 44.7 Å². The molecule has 1 fully saturated rings. The van der Waals surface area contributed by atoms with Crippen LogP contribution in [0.3, 0.4) is 0 Å². The van der Waals surface area contributed by atoms with Crippen molar-refractivity contribution in [1.82, 2.24) is 24.3 Å². The molecule has 0 atom stereocenters. The van der Waals surface area contributed by atoms with Crippen LogP contribution in [0.25, 0.3) is 5.82 Å². The van der Waals surface area contributed by atoms with Crippen LogP contribution in [-0.4, -0.2) is 65.5 Å². The highest BCUT2D eigenvalue weighted by atomic mass is 32.2. The van der Waals surface area contributed by atoms with Crippen molar-refractivity contribution in [2.75, 3.05) is 37.7 Å². The molecular formula is C22H28N6O3S. The van der Waals surface area contributed by atoms with Crippen LogP contribution in [0.4, 0.5) is 5.82 Å². The van der Waals surface area contributed by atoms with Crippen molar-refractivity contribution in [1.29, 1.82) is 0 Å². The van der Waals surface area contributed by atoms with Gasteiger partial charge in [-0.25, -0.2) is 13.1 Å². The zero-order chi connectivity index (χ0) is 22.9. The summed E-state index contributed by atoms with van der Waals surface area (Å²) in [5.74, 6) is 2.05. The lowest BCUT2D eigenvalue weighted by atomic mass is 10.2. The van der Waals surface area contributed by atoms with E-state index in [0.717, 1.165) is 22.8 Å². The first-order valence-electron chi connectivity index (χ1n) is 10.7. The van der Waals surface area contributed by atoms with E-state index in [1.54, 1.807) is 28.9 Å². The Labute approximate surface area is 188 Å². The quantitative estimate of drug-likeness (QED) is 0.563. The predicted molar refractivity (Wildman–Crippen MR) is 122 cm³/mol. The van der Waals surface area contributed by atoms with Gasteiger partial charge in [-0.15, -0.1) is 10.2 Å². The molecule has 0 radical (unpaired) electrons. The summed E-state index contributed by atoms with van der Waals surface area (Å²) in [5, 5.41) is 13.2. The Morgan fingerprint density at radius 1 is 0.906 bits per heavy atom. The molecule has 32 heavy (non-hydrogen) atoms. The van der Waals surface area contributed by atoms with Crippen LogP contribution in [0.15, 0.2) is 41.3 Å². The predicted octanol–water partition coefficient (Wildman–Crippen LogP) is 2.50. The van der Waals surface area contributed by atoms with Gasteiger partial charge in [-0.1, -0.05) is 0 Å². The minimum Gasteiger partial charge on any atom is -0.494 e. The smallest absolute Gasteiger partial charge is 0.243 e. The minimum absolute atomic E-state index is 0.277. The van der Waals surface area contributed by atoms with Gasteiger partial charge in [0.2, 0.25) is 10.0 Å². The standard InChI is InChI=1S/C22H28N6O3S/c1-5-31-19-6-8-20(9-7-19)32(29,30)27-14-12-26(13-15-27)21-10-11-22(24-23-21)28-18(4)16(2)17(3)25-28/h6-11H,5,12-15H2,1-4H3. The lowest BCUT2D eigenvalue weighted by Gasteiger charge is -2.34. The van der Waals surface area contributed by atoms with Crippen LogP contribution in [-0.2, 0) is 10.0 Å². The van der Waals surface area contributed by atoms with Gasteiger partial charge in [-0.05, 0) is 69.7 Å². The number of benzene rings is 1. The van der Waals surface area contributed by atoms with E-state index in [1.165, 1.54) is 4.31 Å². The van der Waals surface area contributed by atoms with Gasteiger partial charge in [-0.2, -0.15) is 9.40 Å². The fourth-order valence-corrected chi connectivity index (χ4v) is 5.15. The van der Waals surface area contributed by atoms with Crippen LogP contribution in [0.5, 0.6) is 5.75 Å². The Hall–Kier alpha value is -2.98. The van der Waals surface area contributed by atoms with Crippen molar-refractivity contribution in [2.45, 2.75) is 32.6 Å². The number of rotatable bonds is 6. The second kappa shape index (κ2) is 8.87. The topological polar surface area (TPSA) is 93.5 Å². The first-order valence-corrected chi connectivity index (χ1v) is 12.1. The molecule has 1 aliphatic rings. The van der Waals surface area contributed by atoms with E-state index < -0.39 is 10.0 Å². The Balaban J connectivity index is 1.42. The number of piperazine rings is 1. The molecule has 10 heteroatoms. The van der Waals surface area contributed by atoms with Crippen molar-refractivity contribution in [3.05, 3.63) is 53.3 Å². The summed E-state index contributed by atoms with van der Waals surface area (Å²) < 4.78 is 34.7. The van der Waals surface area contributed by atoms with Crippen LogP contribution < -0.4 is 9.64 Å². The molecule has 0 amide bonds. The molecule has 4 rings (SSSR count). The van der Waals surface area contributed by atoms with Gasteiger partial charge in [0.15, 0.2) is 11.6 Å². The molecule has 1 aliphatic heterocycles. The highest BCUT2D eigenvalue weighted by molar-refractivity contribution is 7.89. The lowest BCUT2D eigenvalue weighted by molar-refractivity contribution is 0.340. The highest BCUT2D eigenvalue weighted by Crippen LogP contribution is 2.23. The number of anilines is 1. The number of ether oxygens (including phenoxy) is 1. The molecule has 1 saturated heterocycles. The molecule has 170 valence electrons. The molecule has 0 saturated carbocycles. The summed E-state index contributed by atoms with van der Waals surface area (Å²) in [6.45, 7) is 10.3. The maximum Gasteiger partial charge on any atom is 0.243 e. The average Bonchev–Trinajstić information content (AvgIpc) is 3.07. The molecule has 3 heterocycles. The molecule has 2 aromatic heterocycles. The third kappa shape index (κ3) is 4.20. The van der Waals surface area contributed by atoms with Crippen molar-refractivity contribution in [2.24, 2.45) is 0 Å². The maximum atomic E-state index is 13.0. The normalized spacial score (nSPS) is 15.2. The SMILES string of the molecule is CCOc1ccc(S(=O)(=O)N2CCN(c3ccc(-n4nc(C)c(C)c4C)nn3)CC2)cc1. The monoisotopic (exact) mass is 456 g/mol. The zero-order valence-corrected chi connectivity index (χ0v) is 19.6. The van der Waals surface area contributed by atoms with Gasteiger partial charge in [-0.3, -0.25) is 0 Å². The van der Waals surface area contributed by atoms with Crippen LogP contribution in [0.2, 0.25) is 0 Å². The molecular weight excluding hydrogens is 428 g/mol. The molecule has 3 aromatic rings. The fraction of sp³-hybridized carbons (Fsp3) is 0.409. The number of hydrogen-bond acceptors (Lipinski definition) is 7. The molecule has 0 N–H and O–H groups in total. The van der Waals surface area contributed by atoms with Crippen molar-refractivity contribution < 1.29 is 13.2 Å². The van der Waals surface area contributed by atoms with Crippen molar-refractivity contribution in [3.63, 3.8) is 0 Å². The molecule has 1 aromatic carbocycles. The summed E-state index contributed by atoms with van der Waals surface area (Å²) in [4.78, 5) is 2.33. The number of hydrogen-bond donors (Lipinski definition) is 0. The summed E-state index contributed by atoms with van der Waals surface area (Å²) in [6.07, 6.45) is 0.